The van der Waals surface area contributed by atoms with E-state index >= 15 is 0 Å². The second kappa shape index (κ2) is 7.81. The first-order valence-corrected chi connectivity index (χ1v) is 8.51. The van der Waals surface area contributed by atoms with E-state index in [0.29, 0.717) is 18.7 Å². The smallest absolute Gasteiger partial charge is 0.226 e. The summed E-state index contributed by atoms with van der Waals surface area (Å²) in [4.78, 5) is 25.3. The molecule has 1 amide bonds. The fourth-order valence-electron chi connectivity index (χ4n) is 3.09. The first-order chi connectivity index (χ1) is 11.8. The van der Waals surface area contributed by atoms with Crippen LogP contribution < -0.4 is 10.2 Å². The Balaban J connectivity index is 1.51. The van der Waals surface area contributed by atoms with Gasteiger partial charge in [0.1, 0.15) is 0 Å². The number of anilines is 2. The Hall–Kier alpha value is -2.56. The number of aryl methyl sites for hydroxylation is 1. The van der Waals surface area contributed by atoms with Gasteiger partial charge in [0.05, 0.1) is 5.69 Å². The Morgan fingerprint density at radius 1 is 1.08 bits per heavy atom. The molecule has 5 heteroatoms. The van der Waals surface area contributed by atoms with Gasteiger partial charge >= 0.3 is 0 Å². The van der Waals surface area contributed by atoms with Crippen LogP contribution in [0.25, 0.3) is 0 Å². The van der Waals surface area contributed by atoms with Crippen molar-refractivity contribution in [1.29, 1.82) is 0 Å². The van der Waals surface area contributed by atoms with E-state index < -0.39 is 0 Å². The number of piperidine rings is 1. The highest BCUT2D eigenvalue weighted by Gasteiger charge is 2.11. The predicted molar refractivity (Wildman–Crippen MR) is 95.6 cm³/mol. The van der Waals surface area contributed by atoms with Crippen molar-refractivity contribution in [1.82, 2.24) is 4.57 Å². The van der Waals surface area contributed by atoms with E-state index in [-0.39, 0.29) is 5.91 Å². The molecule has 1 aromatic carbocycles. The van der Waals surface area contributed by atoms with Crippen molar-refractivity contribution in [3.63, 3.8) is 0 Å². The van der Waals surface area contributed by atoms with Crippen molar-refractivity contribution < 1.29 is 9.59 Å². The van der Waals surface area contributed by atoms with E-state index in [2.05, 4.69) is 22.3 Å². The van der Waals surface area contributed by atoms with Crippen LogP contribution >= 0.6 is 0 Å². The quantitative estimate of drug-likeness (QED) is 0.829. The fourth-order valence-corrected chi connectivity index (χ4v) is 3.09. The normalized spacial score (nSPS) is 14.4. The van der Waals surface area contributed by atoms with Gasteiger partial charge in [0.15, 0.2) is 6.29 Å². The van der Waals surface area contributed by atoms with E-state index in [1.54, 1.807) is 16.7 Å². The molecule has 1 fully saturated rings. The number of aromatic nitrogens is 1. The Kier molecular flexibility index (Phi) is 5.31. The number of aldehydes is 1. The Labute approximate surface area is 142 Å². The molecule has 2 heterocycles. The monoisotopic (exact) mass is 325 g/mol. The zero-order chi connectivity index (χ0) is 16.8. The summed E-state index contributed by atoms with van der Waals surface area (Å²) >= 11 is 0. The minimum atomic E-state index is -0.0497. The molecule has 3 rings (SSSR count). The van der Waals surface area contributed by atoms with E-state index in [1.165, 1.54) is 24.9 Å². The van der Waals surface area contributed by atoms with Gasteiger partial charge in [-0.25, -0.2) is 0 Å². The third-order valence-corrected chi connectivity index (χ3v) is 4.44. The number of carbonyl (C=O) groups excluding carboxylic acids is 2. The maximum atomic E-state index is 12.1. The van der Waals surface area contributed by atoms with Gasteiger partial charge in [-0.2, -0.15) is 0 Å². The number of rotatable bonds is 6. The summed E-state index contributed by atoms with van der Waals surface area (Å²) in [6.07, 6.45) is 6.77. The lowest BCUT2D eigenvalue weighted by Gasteiger charge is -2.28. The number of nitrogens with one attached hydrogen (secondary N) is 1. The number of hydrogen-bond donors (Lipinski definition) is 1. The second-order valence-electron chi connectivity index (χ2n) is 6.14. The average molecular weight is 325 g/mol. The predicted octanol–water partition coefficient (Wildman–Crippen LogP) is 3.32. The van der Waals surface area contributed by atoms with Crippen LogP contribution in [0.3, 0.4) is 0 Å². The molecule has 2 aromatic rings. The molecule has 0 atom stereocenters. The lowest BCUT2D eigenvalue weighted by Crippen LogP contribution is -2.29. The van der Waals surface area contributed by atoms with Crippen LogP contribution in [0.5, 0.6) is 0 Å². The maximum absolute atomic E-state index is 12.1. The first-order valence-electron chi connectivity index (χ1n) is 8.51. The molecule has 1 aliphatic heterocycles. The highest BCUT2D eigenvalue weighted by Crippen LogP contribution is 2.21. The molecule has 1 N–H and O–H groups in total. The standard InChI is InChI=1S/C19H23N3O2/c23-15-18-5-4-13-22(18)14-10-19(24)20-16-6-8-17(9-7-16)21-11-2-1-3-12-21/h4-9,13,15H,1-3,10-12,14H2,(H,20,24). The number of carbonyl (C=O) groups is 2. The summed E-state index contributed by atoms with van der Waals surface area (Å²) in [5, 5.41) is 2.91. The van der Waals surface area contributed by atoms with Crippen LogP contribution in [0.1, 0.15) is 36.2 Å². The van der Waals surface area contributed by atoms with Gasteiger partial charge in [-0.05, 0) is 55.7 Å². The molecule has 0 aliphatic carbocycles. The summed E-state index contributed by atoms with van der Waals surface area (Å²) < 4.78 is 1.78. The third kappa shape index (κ3) is 4.04. The zero-order valence-electron chi connectivity index (χ0n) is 13.8. The molecule has 1 saturated heterocycles. The number of amides is 1. The molecule has 0 bridgehead atoms. The fraction of sp³-hybridized carbons (Fsp3) is 0.368. The summed E-state index contributed by atoms with van der Waals surface area (Å²) in [6.45, 7) is 2.72. The lowest BCUT2D eigenvalue weighted by molar-refractivity contribution is -0.116. The van der Waals surface area contributed by atoms with E-state index in [9.17, 15) is 9.59 Å². The van der Waals surface area contributed by atoms with Crippen molar-refractivity contribution in [3.8, 4) is 0 Å². The van der Waals surface area contributed by atoms with Crippen molar-refractivity contribution >= 4 is 23.6 Å². The van der Waals surface area contributed by atoms with Gasteiger partial charge in [0.2, 0.25) is 5.91 Å². The highest BCUT2D eigenvalue weighted by molar-refractivity contribution is 5.90. The molecule has 5 nitrogen and oxygen atoms in total. The molecule has 24 heavy (non-hydrogen) atoms. The Morgan fingerprint density at radius 2 is 1.83 bits per heavy atom. The van der Waals surface area contributed by atoms with Crippen LogP contribution in [-0.2, 0) is 11.3 Å². The molecule has 1 aliphatic rings. The summed E-state index contributed by atoms with van der Waals surface area (Å²) in [6, 6.07) is 11.6. The van der Waals surface area contributed by atoms with Crippen molar-refractivity contribution in [2.75, 3.05) is 23.3 Å². The molecule has 1 aromatic heterocycles. The highest BCUT2D eigenvalue weighted by atomic mass is 16.1. The number of hydrogen-bond acceptors (Lipinski definition) is 3. The van der Waals surface area contributed by atoms with Gasteiger partial charge in [-0.1, -0.05) is 0 Å². The van der Waals surface area contributed by atoms with Gasteiger partial charge in [-0.15, -0.1) is 0 Å². The number of benzene rings is 1. The van der Waals surface area contributed by atoms with Crippen LogP contribution in [0.4, 0.5) is 11.4 Å². The van der Waals surface area contributed by atoms with E-state index in [4.69, 9.17) is 0 Å². The zero-order valence-corrected chi connectivity index (χ0v) is 13.8. The Morgan fingerprint density at radius 3 is 2.54 bits per heavy atom. The number of nitrogens with zero attached hydrogens (tertiary/aromatic N) is 2. The second-order valence-corrected chi connectivity index (χ2v) is 6.14. The Bertz CT molecular complexity index is 685. The summed E-state index contributed by atoms with van der Waals surface area (Å²) in [7, 11) is 0. The third-order valence-electron chi connectivity index (χ3n) is 4.44. The van der Waals surface area contributed by atoms with Crippen molar-refractivity contribution in [2.45, 2.75) is 32.2 Å². The summed E-state index contributed by atoms with van der Waals surface area (Å²) in [5.41, 5.74) is 2.62. The molecule has 126 valence electrons. The van der Waals surface area contributed by atoms with Crippen molar-refractivity contribution in [2.24, 2.45) is 0 Å². The summed E-state index contributed by atoms with van der Waals surface area (Å²) in [5.74, 6) is -0.0497. The van der Waals surface area contributed by atoms with Gasteiger partial charge in [0.25, 0.3) is 0 Å². The van der Waals surface area contributed by atoms with Gasteiger partial charge < -0.3 is 14.8 Å². The van der Waals surface area contributed by atoms with E-state index in [0.717, 1.165) is 25.1 Å². The molecular weight excluding hydrogens is 302 g/mol. The van der Waals surface area contributed by atoms with Crippen LogP contribution in [0.15, 0.2) is 42.6 Å². The molecule has 0 radical (unpaired) electrons. The first kappa shape index (κ1) is 16.3. The largest absolute Gasteiger partial charge is 0.372 e. The van der Waals surface area contributed by atoms with Crippen LogP contribution in [-0.4, -0.2) is 29.8 Å². The molecule has 0 saturated carbocycles. The molecule has 0 spiro atoms. The SMILES string of the molecule is O=Cc1cccn1CCC(=O)Nc1ccc(N2CCCCC2)cc1. The molecule has 0 unspecified atom stereocenters. The molecular formula is C19H23N3O2. The van der Waals surface area contributed by atoms with Gasteiger partial charge in [0, 0.05) is 43.6 Å². The topological polar surface area (TPSA) is 54.3 Å². The minimum Gasteiger partial charge on any atom is -0.372 e. The van der Waals surface area contributed by atoms with Crippen LogP contribution in [0, 0.1) is 0 Å². The average Bonchev–Trinajstić information content (AvgIpc) is 3.09. The maximum Gasteiger partial charge on any atom is 0.226 e. The van der Waals surface area contributed by atoms with E-state index in [1.807, 2.05) is 18.3 Å². The minimum absolute atomic E-state index is 0.0497. The lowest BCUT2D eigenvalue weighted by atomic mass is 10.1. The van der Waals surface area contributed by atoms with Crippen LogP contribution in [0.2, 0.25) is 0 Å². The van der Waals surface area contributed by atoms with Gasteiger partial charge in [-0.3, -0.25) is 9.59 Å². The van der Waals surface area contributed by atoms with Crippen molar-refractivity contribution in [3.05, 3.63) is 48.3 Å².